The predicted octanol–water partition coefficient (Wildman–Crippen LogP) is 3.25. The first-order valence-electron chi connectivity index (χ1n) is 6.18. The second-order valence-corrected chi connectivity index (χ2v) is 4.60. The summed E-state index contributed by atoms with van der Waals surface area (Å²) in [5.41, 5.74) is 3.82. The Hall–Kier alpha value is -1.92. The van der Waals surface area contributed by atoms with Gasteiger partial charge in [-0.25, -0.2) is 20.2 Å². The fourth-order valence-corrected chi connectivity index (χ4v) is 2.02. The zero-order valence-corrected chi connectivity index (χ0v) is 11.7. The van der Waals surface area contributed by atoms with Crippen molar-refractivity contribution in [3.8, 4) is 0 Å². The van der Waals surface area contributed by atoms with Crippen molar-refractivity contribution >= 4 is 28.9 Å². The largest absolute Gasteiger partial charge is 0.339 e. The number of nitrogen functional groups attached to an aromatic ring is 1. The van der Waals surface area contributed by atoms with Gasteiger partial charge in [-0.05, 0) is 24.6 Å². The lowest BCUT2D eigenvalue weighted by Crippen LogP contribution is -2.13. The van der Waals surface area contributed by atoms with Crippen LogP contribution >= 0.6 is 11.6 Å². The number of nitrogens with two attached hydrogens (primary N) is 1. The number of halogens is 2. The van der Waals surface area contributed by atoms with Crippen LogP contribution in [0, 0.1) is 5.82 Å². The Balaban J connectivity index is 2.39. The molecule has 7 heteroatoms. The maximum absolute atomic E-state index is 13.3. The Morgan fingerprint density at radius 3 is 2.75 bits per heavy atom. The smallest absolute Gasteiger partial charge is 0.148 e. The Labute approximate surface area is 121 Å². The molecule has 1 aromatic carbocycles. The Morgan fingerprint density at radius 2 is 2.05 bits per heavy atom. The lowest BCUT2D eigenvalue weighted by Gasteiger charge is -2.14. The van der Waals surface area contributed by atoms with Crippen LogP contribution in [0.25, 0.3) is 0 Å². The molecule has 0 aliphatic heterocycles. The monoisotopic (exact) mass is 295 g/mol. The molecular formula is C13H15ClFN5. The van der Waals surface area contributed by atoms with Gasteiger partial charge < -0.3 is 10.7 Å². The first-order valence-corrected chi connectivity index (χ1v) is 6.56. The molecule has 5 nitrogen and oxygen atoms in total. The van der Waals surface area contributed by atoms with E-state index in [1.165, 1.54) is 24.5 Å². The molecule has 0 saturated carbocycles. The van der Waals surface area contributed by atoms with Crippen molar-refractivity contribution in [1.29, 1.82) is 0 Å². The van der Waals surface area contributed by atoms with Crippen molar-refractivity contribution in [3.63, 3.8) is 0 Å². The van der Waals surface area contributed by atoms with Gasteiger partial charge in [0.25, 0.3) is 0 Å². The number of benzene rings is 1. The fourth-order valence-electron chi connectivity index (χ4n) is 1.85. The summed E-state index contributed by atoms with van der Waals surface area (Å²) in [7, 11) is 0. The summed E-state index contributed by atoms with van der Waals surface area (Å²) < 4.78 is 13.3. The first kappa shape index (κ1) is 14.5. The number of hydrogen-bond donors (Lipinski definition) is 3. The van der Waals surface area contributed by atoms with E-state index in [9.17, 15) is 4.39 Å². The van der Waals surface area contributed by atoms with Crippen LogP contribution in [0.1, 0.15) is 18.9 Å². The van der Waals surface area contributed by atoms with Crippen LogP contribution in [0.5, 0.6) is 0 Å². The van der Waals surface area contributed by atoms with Crippen molar-refractivity contribution in [2.24, 2.45) is 5.84 Å². The molecule has 0 saturated heterocycles. The van der Waals surface area contributed by atoms with Gasteiger partial charge in [0.2, 0.25) is 0 Å². The molecule has 1 aromatic heterocycles. The van der Waals surface area contributed by atoms with E-state index in [2.05, 4.69) is 20.7 Å². The van der Waals surface area contributed by atoms with E-state index in [-0.39, 0.29) is 5.82 Å². The second-order valence-electron chi connectivity index (χ2n) is 4.19. The van der Waals surface area contributed by atoms with Crippen LogP contribution in [0.15, 0.2) is 24.5 Å². The molecule has 20 heavy (non-hydrogen) atoms. The van der Waals surface area contributed by atoms with Crippen LogP contribution in [0.2, 0.25) is 5.02 Å². The van der Waals surface area contributed by atoms with Gasteiger partial charge in [-0.1, -0.05) is 24.9 Å². The molecule has 2 aromatic rings. The van der Waals surface area contributed by atoms with Gasteiger partial charge in [0.05, 0.1) is 10.7 Å². The van der Waals surface area contributed by atoms with Gasteiger partial charge >= 0.3 is 0 Å². The third-order valence-corrected chi connectivity index (χ3v) is 3.09. The van der Waals surface area contributed by atoms with E-state index in [1.54, 1.807) is 0 Å². The number of hydrogen-bond acceptors (Lipinski definition) is 5. The molecule has 106 valence electrons. The summed E-state index contributed by atoms with van der Waals surface area (Å²) in [4.78, 5) is 8.24. The Kier molecular flexibility index (Phi) is 4.70. The molecule has 0 unspecified atom stereocenters. The van der Waals surface area contributed by atoms with Crippen LogP contribution in [-0.2, 0) is 6.42 Å². The van der Waals surface area contributed by atoms with E-state index in [0.29, 0.717) is 22.3 Å². The number of anilines is 3. The summed E-state index contributed by atoms with van der Waals surface area (Å²) in [5.74, 6) is 6.16. The van der Waals surface area contributed by atoms with Crippen molar-refractivity contribution in [1.82, 2.24) is 9.97 Å². The maximum Gasteiger partial charge on any atom is 0.148 e. The Bertz CT molecular complexity index is 605. The van der Waals surface area contributed by atoms with E-state index in [1.807, 2.05) is 6.92 Å². The number of hydrazine groups is 1. The molecule has 4 N–H and O–H groups in total. The number of aromatic nitrogens is 2. The average molecular weight is 296 g/mol. The zero-order valence-electron chi connectivity index (χ0n) is 11.0. The molecule has 0 spiro atoms. The summed E-state index contributed by atoms with van der Waals surface area (Å²) in [5, 5.41) is 3.43. The highest BCUT2D eigenvalue weighted by molar-refractivity contribution is 6.33. The van der Waals surface area contributed by atoms with Crippen molar-refractivity contribution in [2.75, 3.05) is 10.7 Å². The normalized spacial score (nSPS) is 10.4. The average Bonchev–Trinajstić information content (AvgIpc) is 2.45. The number of nitrogens with one attached hydrogen (secondary N) is 2. The predicted molar refractivity (Wildman–Crippen MR) is 78.5 cm³/mol. The molecule has 1 heterocycles. The van der Waals surface area contributed by atoms with Gasteiger partial charge in [0.15, 0.2) is 0 Å². The van der Waals surface area contributed by atoms with Gasteiger partial charge in [-0.2, -0.15) is 0 Å². The van der Waals surface area contributed by atoms with Gasteiger partial charge in [-0.15, -0.1) is 0 Å². The molecule has 0 aliphatic carbocycles. The maximum atomic E-state index is 13.3. The molecule has 0 fully saturated rings. The van der Waals surface area contributed by atoms with Gasteiger partial charge in [-0.3, -0.25) is 0 Å². The topological polar surface area (TPSA) is 75.9 Å². The highest BCUT2D eigenvalue weighted by Gasteiger charge is 2.12. The first-order chi connectivity index (χ1) is 9.65. The van der Waals surface area contributed by atoms with Crippen molar-refractivity contribution < 1.29 is 4.39 Å². The van der Waals surface area contributed by atoms with Crippen LogP contribution < -0.4 is 16.6 Å². The molecule has 0 radical (unpaired) electrons. The number of rotatable bonds is 5. The standard InChI is InChI=1S/C13H15ClFN5/c1-2-3-9-12(17-7-18-13(9)20-16)19-11-6-8(15)4-5-10(11)14/h4-7H,2-3,16H2,1H3,(H2,17,18,19,20). The minimum absolute atomic E-state index is 0.375. The van der Waals surface area contributed by atoms with E-state index in [4.69, 9.17) is 17.4 Å². The fraction of sp³-hybridized carbons (Fsp3) is 0.231. The van der Waals surface area contributed by atoms with E-state index >= 15 is 0 Å². The summed E-state index contributed by atoms with van der Waals surface area (Å²) in [6.07, 6.45) is 3.01. The van der Waals surface area contributed by atoms with E-state index in [0.717, 1.165) is 18.4 Å². The summed E-state index contributed by atoms with van der Waals surface area (Å²) in [6.45, 7) is 2.03. The van der Waals surface area contributed by atoms with Crippen LogP contribution in [0.3, 0.4) is 0 Å². The molecule has 2 rings (SSSR count). The van der Waals surface area contributed by atoms with Crippen LogP contribution in [-0.4, -0.2) is 9.97 Å². The molecule has 0 atom stereocenters. The SMILES string of the molecule is CCCc1c(NN)ncnc1Nc1cc(F)ccc1Cl. The van der Waals surface area contributed by atoms with Gasteiger partial charge in [0, 0.05) is 5.56 Å². The molecule has 0 aliphatic rings. The van der Waals surface area contributed by atoms with Gasteiger partial charge in [0.1, 0.15) is 23.8 Å². The lowest BCUT2D eigenvalue weighted by molar-refractivity contribution is 0.628. The molecule has 0 bridgehead atoms. The minimum atomic E-state index is -0.375. The van der Waals surface area contributed by atoms with Crippen molar-refractivity contribution in [3.05, 3.63) is 40.9 Å². The minimum Gasteiger partial charge on any atom is -0.339 e. The molecule has 0 amide bonds. The highest BCUT2D eigenvalue weighted by atomic mass is 35.5. The third-order valence-electron chi connectivity index (χ3n) is 2.76. The quantitative estimate of drug-likeness (QED) is 0.583. The zero-order chi connectivity index (χ0) is 14.5. The molecular weight excluding hydrogens is 281 g/mol. The lowest BCUT2D eigenvalue weighted by atomic mass is 10.1. The van der Waals surface area contributed by atoms with Crippen LogP contribution in [0.4, 0.5) is 21.7 Å². The second kappa shape index (κ2) is 6.49. The summed E-state index contributed by atoms with van der Waals surface area (Å²) >= 11 is 6.04. The third kappa shape index (κ3) is 3.15. The van der Waals surface area contributed by atoms with Crippen molar-refractivity contribution in [2.45, 2.75) is 19.8 Å². The van der Waals surface area contributed by atoms with E-state index < -0.39 is 0 Å². The Morgan fingerprint density at radius 1 is 1.30 bits per heavy atom. The number of nitrogens with zero attached hydrogens (tertiary/aromatic N) is 2. The highest BCUT2D eigenvalue weighted by Crippen LogP contribution is 2.29. The summed E-state index contributed by atoms with van der Waals surface area (Å²) in [6, 6.07) is 4.10.